The van der Waals surface area contributed by atoms with Gasteiger partial charge in [-0.15, -0.1) is 0 Å². The van der Waals surface area contributed by atoms with Crippen molar-refractivity contribution >= 4 is 11.6 Å². The van der Waals surface area contributed by atoms with E-state index in [1.807, 2.05) is 12.1 Å². The molecule has 1 amide bonds. The molecule has 2 nitrogen and oxygen atoms in total. The first kappa shape index (κ1) is 8.96. The molecule has 1 aromatic carbocycles. The topological polar surface area (TPSA) is 29.1 Å². The molecule has 15 heavy (non-hydrogen) atoms. The molecular formula is C13H15NO. The lowest BCUT2D eigenvalue weighted by Gasteiger charge is -2.32. The van der Waals surface area contributed by atoms with Crippen LogP contribution in [0.3, 0.4) is 0 Å². The number of anilines is 1. The Morgan fingerprint density at radius 2 is 2.13 bits per heavy atom. The maximum Gasteiger partial charge on any atom is 0.231 e. The van der Waals surface area contributed by atoms with Crippen molar-refractivity contribution < 1.29 is 4.79 Å². The van der Waals surface area contributed by atoms with E-state index in [1.54, 1.807) is 0 Å². The smallest absolute Gasteiger partial charge is 0.231 e. The molecule has 1 unspecified atom stereocenters. The Bertz CT molecular complexity index is 420. The van der Waals surface area contributed by atoms with Crippen molar-refractivity contribution in [3.05, 3.63) is 29.8 Å². The van der Waals surface area contributed by atoms with Gasteiger partial charge in [-0.25, -0.2) is 0 Å². The van der Waals surface area contributed by atoms with Gasteiger partial charge in [0.2, 0.25) is 5.91 Å². The zero-order valence-corrected chi connectivity index (χ0v) is 8.92. The fraction of sp³-hybridized carbons (Fsp3) is 0.462. The van der Waals surface area contributed by atoms with Crippen LogP contribution in [-0.4, -0.2) is 5.91 Å². The molecule has 78 valence electrons. The summed E-state index contributed by atoms with van der Waals surface area (Å²) in [5, 5.41) is 3.04. The molecule has 3 rings (SSSR count). The number of rotatable bonds is 1. The molecule has 0 radical (unpaired) electrons. The maximum atomic E-state index is 12.0. The lowest BCUT2D eigenvalue weighted by atomic mass is 9.77. The summed E-state index contributed by atoms with van der Waals surface area (Å²) < 4.78 is 0. The number of hydrogen-bond donors (Lipinski definition) is 1. The molecule has 1 aliphatic heterocycles. The molecule has 1 fully saturated rings. The van der Waals surface area contributed by atoms with Gasteiger partial charge in [0.05, 0.1) is 5.41 Å². The molecule has 1 N–H and O–H groups in total. The third-order valence-electron chi connectivity index (χ3n) is 3.90. The van der Waals surface area contributed by atoms with E-state index in [0.717, 1.165) is 24.9 Å². The molecule has 2 aliphatic rings. The van der Waals surface area contributed by atoms with Gasteiger partial charge < -0.3 is 5.32 Å². The van der Waals surface area contributed by atoms with Gasteiger partial charge in [-0.05, 0) is 30.9 Å². The van der Waals surface area contributed by atoms with Gasteiger partial charge in [0.25, 0.3) is 0 Å². The molecule has 0 aromatic heterocycles. The van der Waals surface area contributed by atoms with Gasteiger partial charge in [0.1, 0.15) is 0 Å². The second-order valence-corrected chi connectivity index (χ2v) is 4.66. The van der Waals surface area contributed by atoms with Crippen LogP contribution in [0, 0.1) is 5.41 Å². The molecule has 1 atom stereocenters. The Labute approximate surface area is 89.7 Å². The van der Waals surface area contributed by atoms with Gasteiger partial charge >= 0.3 is 0 Å². The van der Waals surface area contributed by atoms with Crippen LogP contribution in [0.1, 0.15) is 37.7 Å². The van der Waals surface area contributed by atoms with Crippen molar-refractivity contribution in [1.82, 2.24) is 0 Å². The van der Waals surface area contributed by atoms with E-state index in [0.29, 0.717) is 5.92 Å². The van der Waals surface area contributed by atoms with Crippen LogP contribution in [0.25, 0.3) is 0 Å². The minimum atomic E-state index is -0.0525. The summed E-state index contributed by atoms with van der Waals surface area (Å²) in [5.41, 5.74) is 2.30. The lowest BCUT2D eigenvalue weighted by Crippen LogP contribution is -2.34. The second-order valence-electron chi connectivity index (χ2n) is 4.66. The SMILES string of the molecule is CCC1c2ccccc2NC(=O)C12CC2. The Hall–Kier alpha value is -1.31. The highest BCUT2D eigenvalue weighted by atomic mass is 16.2. The highest BCUT2D eigenvalue weighted by Crippen LogP contribution is 2.60. The predicted molar refractivity (Wildman–Crippen MR) is 59.8 cm³/mol. The Morgan fingerprint density at radius 1 is 1.40 bits per heavy atom. The summed E-state index contributed by atoms with van der Waals surface area (Å²) in [4.78, 5) is 12.0. The average Bonchev–Trinajstić information content (AvgIpc) is 3.02. The summed E-state index contributed by atoms with van der Waals surface area (Å²) >= 11 is 0. The molecule has 1 aromatic rings. The van der Waals surface area contributed by atoms with Crippen LogP contribution < -0.4 is 5.32 Å². The lowest BCUT2D eigenvalue weighted by molar-refractivity contribution is -0.122. The van der Waals surface area contributed by atoms with Crippen LogP contribution in [0.4, 0.5) is 5.69 Å². The van der Waals surface area contributed by atoms with Crippen LogP contribution >= 0.6 is 0 Å². The van der Waals surface area contributed by atoms with Crippen LogP contribution in [0.15, 0.2) is 24.3 Å². The largest absolute Gasteiger partial charge is 0.325 e. The number of para-hydroxylation sites is 1. The van der Waals surface area contributed by atoms with Crippen molar-refractivity contribution in [2.24, 2.45) is 5.41 Å². The predicted octanol–water partition coefficient (Wildman–Crippen LogP) is 2.91. The first-order valence-electron chi connectivity index (χ1n) is 5.68. The minimum absolute atomic E-state index is 0.0525. The van der Waals surface area contributed by atoms with E-state index in [4.69, 9.17) is 0 Å². The van der Waals surface area contributed by atoms with E-state index in [2.05, 4.69) is 24.4 Å². The molecule has 1 spiro atoms. The molecule has 1 heterocycles. The van der Waals surface area contributed by atoms with Crippen molar-refractivity contribution in [2.75, 3.05) is 5.32 Å². The molecule has 0 saturated heterocycles. The normalized spacial score (nSPS) is 25.9. The van der Waals surface area contributed by atoms with Gasteiger partial charge in [-0.1, -0.05) is 25.1 Å². The highest BCUT2D eigenvalue weighted by Gasteiger charge is 2.57. The van der Waals surface area contributed by atoms with Crippen LogP contribution in [0.2, 0.25) is 0 Å². The number of hydrogen-bond acceptors (Lipinski definition) is 1. The fourth-order valence-corrected chi connectivity index (χ4v) is 2.94. The first-order chi connectivity index (χ1) is 7.28. The summed E-state index contributed by atoms with van der Waals surface area (Å²) in [6.45, 7) is 2.18. The van der Waals surface area contributed by atoms with Gasteiger partial charge in [-0.2, -0.15) is 0 Å². The van der Waals surface area contributed by atoms with Crippen LogP contribution in [-0.2, 0) is 4.79 Å². The number of benzene rings is 1. The third-order valence-corrected chi connectivity index (χ3v) is 3.90. The van der Waals surface area contributed by atoms with Crippen molar-refractivity contribution in [3.63, 3.8) is 0 Å². The minimum Gasteiger partial charge on any atom is -0.325 e. The summed E-state index contributed by atoms with van der Waals surface area (Å²) in [6.07, 6.45) is 3.18. The summed E-state index contributed by atoms with van der Waals surface area (Å²) in [6, 6.07) is 8.21. The molecule has 2 heteroatoms. The van der Waals surface area contributed by atoms with E-state index in [-0.39, 0.29) is 11.3 Å². The Kier molecular flexibility index (Phi) is 1.70. The quantitative estimate of drug-likeness (QED) is 0.743. The second kappa shape index (κ2) is 2.84. The Morgan fingerprint density at radius 3 is 2.80 bits per heavy atom. The van der Waals surface area contributed by atoms with Crippen LogP contribution in [0.5, 0.6) is 0 Å². The van der Waals surface area contributed by atoms with E-state index in [1.165, 1.54) is 5.56 Å². The van der Waals surface area contributed by atoms with Gasteiger partial charge in [0, 0.05) is 11.6 Å². The number of amides is 1. The molecule has 1 saturated carbocycles. The van der Waals surface area contributed by atoms with Crippen molar-refractivity contribution in [1.29, 1.82) is 0 Å². The number of carbonyl (C=O) groups excluding carboxylic acids is 1. The summed E-state index contributed by atoms with van der Waals surface area (Å²) in [7, 11) is 0. The van der Waals surface area contributed by atoms with Gasteiger partial charge in [0.15, 0.2) is 0 Å². The third kappa shape index (κ3) is 1.08. The van der Waals surface area contributed by atoms with Crippen molar-refractivity contribution in [2.45, 2.75) is 32.1 Å². The van der Waals surface area contributed by atoms with E-state index in [9.17, 15) is 4.79 Å². The van der Waals surface area contributed by atoms with Crippen molar-refractivity contribution in [3.8, 4) is 0 Å². The summed E-state index contributed by atoms with van der Waals surface area (Å²) in [5.74, 6) is 0.676. The number of carbonyl (C=O) groups is 1. The number of nitrogens with one attached hydrogen (secondary N) is 1. The van der Waals surface area contributed by atoms with E-state index < -0.39 is 0 Å². The standard InChI is InChI=1S/C13H15NO/c1-2-10-9-5-3-4-6-11(9)14-12(15)13(10)7-8-13/h3-6,10H,2,7-8H2,1H3,(H,14,15). The zero-order chi connectivity index (χ0) is 10.5. The average molecular weight is 201 g/mol. The van der Waals surface area contributed by atoms with Gasteiger partial charge in [-0.3, -0.25) is 4.79 Å². The highest BCUT2D eigenvalue weighted by molar-refractivity contribution is 6.01. The molecule has 0 bridgehead atoms. The monoisotopic (exact) mass is 201 g/mol. The Balaban J connectivity index is 2.13. The fourth-order valence-electron chi connectivity index (χ4n) is 2.94. The molecular weight excluding hydrogens is 186 g/mol. The maximum absolute atomic E-state index is 12.0. The first-order valence-corrected chi connectivity index (χ1v) is 5.68. The number of fused-ring (bicyclic) bond motifs is 1. The van der Waals surface area contributed by atoms with E-state index >= 15 is 0 Å². The molecule has 1 aliphatic carbocycles. The zero-order valence-electron chi connectivity index (χ0n) is 8.92.